The van der Waals surface area contributed by atoms with Crippen molar-refractivity contribution in [1.29, 1.82) is 0 Å². The molecular formula is C15H18N6O2. The van der Waals surface area contributed by atoms with Gasteiger partial charge in [0.05, 0.1) is 18.3 Å². The highest BCUT2D eigenvalue weighted by Gasteiger charge is 2.41. The molecule has 0 aromatic carbocycles. The second kappa shape index (κ2) is 6.15. The Balaban J connectivity index is 1.75. The van der Waals surface area contributed by atoms with Crippen molar-refractivity contribution in [2.24, 2.45) is 11.7 Å². The molecule has 1 aliphatic rings. The van der Waals surface area contributed by atoms with Gasteiger partial charge in [0.2, 0.25) is 11.8 Å². The van der Waals surface area contributed by atoms with Gasteiger partial charge in [0.25, 0.3) is 0 Å². The molecule has 1 saturated heterocycles. The van der Waals surface area contributed by atoms with Gasteiger partial charge in [0, 0.05) is 25.5 Å². The number of aryl methyl sites for hydroxylation is 1. The van der Waals surface area contributed by atoms with Crippen LogP contribution in [0.4, 0.5) is 0 Å². The van der Waals surface area contributed by atoms with Gasteiger partial charge in [0.15, 0.2) is 5.82 Å². The summed E-state index contributed by atoms with van der Waals surface area (Å²) >= 11 is 0. The predicted octanol–water partition coefficient (Wildman–Crippen LogP) is -0.222. The SMILES string of the molecule is Cc1nc([C@@H]2CN(C(=O)Cc3cccnc3)C[C@H]2C(N)=O)n[nH]1. The molecule has 3 rings (SSSR count). The number of hydrogen-bond acceptors (Lipinski definition) is 5. The molecule has 2 aromatic heterocycles. The van der Waals surface area contributed by atoms with Crippen molar-refractivity contribution in [3.63, 3.8) is 0 Å². The van der Waals surface area contributed by atoms with E-state index in [1.54, 1.807) is 30.3 Å². The molecule has 2 aromatic rings. The van der Waals surface area contributed by atoms with Crippen LogP contribution in [0.5, 0.6) is 0 Å². The first-order valence-electron chi connectivity index (χ1n) is 7.39. The molecule has 0 saturated carbocycles. The van der Waals surface area contributed by atoms with Crippen LogP contribution in [-0.2, 0) is 16.0 Å². The topological polar surface area (TPSA) is 118 Å². The van der Waals surface area contributed by atoms with Crippen molar-refractivity contribution in [1.82, 2.24) is 25.1 Å². The Hall–Kier alpha value is -2.77. The van der Waals surface area contributed by atoms with Crippen molar-refractivity contribution in [2.45, 2.75) is 19.3 Å². The number of carbonyl (C=O) groups excluding carboxylic acids is 2. The quantitative estimate of drug-likeness (QED) is 0.809. The molecule has 120 valence electrons. The maximum absolute atomic E-state index is 12.5. The lowest BCUT2D eigenvalue weighted by Gasteiger charge is -2.15. The van der Waals surface area contributed by atoms with E-state index in [0.29, 0.717) is 24.7 Å². The van der Waals surface area contributed by atoms with E-state index in [4.69, 9.17) is 5.73 Å². The normalized spacial score (nSPS) is 20.7. The number of hydrogen-bond donors (Lipinski definition) is 2. The molecular weight excluding hydrogens is 296 g/mol. The number of aromatic amines is 1. The molecule has 3 N–H and O–H groups in total. The van der Waals surface area contributed by atoms with E-state index >= 15 is 0 Å². The van der Waals surface area contributed by atoms with Crippen LogP contribution in [0.15, 0.2) is 24.5 Å². The third kappa shape index (κ3) is 3.20. The summed E-state index contributed by atoms with van der Waals surface area (Å²) in [5, 5.41) is 6.88. The third-order valence-corrected chi connectivity index (χ3v) is 4.06. The van der Waals surface area contributed by atoms with E-state index in [0.717, 1.165) is 5.56 Å². The highest BCUT2D eigenvalue weighted by Crippen LogP contribution is 2.31. The molecule has 1 aliphatic heterocycles. The third-order valence-electron chi connectivity index (χ3n) is 4.06. The summed E-state index contributed by atoms with van der Waals surface area (Å²) < 4.78 is 0. The average Bonchev–Trinajstić information content (AvgIpc) is 3.14. The first-order valence-corrected chi connectivity index (χ1v) is 7.39. The van der Waals surface area contributed by atoms with Crippen LogP contribution in [0, 0.1) is 12.8 Å². The number of pyridine rings is 1. The summed E-state index contributed by atoms with van der Waals surface area (Å²) in [4.78, 5) is 34.1. The minimum absolute atomic E-state index is 0.0565. The molecule has 8 heteroatoms. The number of primary amides is 1. The van der Waals surface area contributed by atoms with Gasteiger partial charge in [0.1, 0.15) is 5.82 Å². The van der Waals surface area contributed by atoms with E-state index in [1.807, 2.05) is 6.07 Å². The molecule has 8 nitrogen and oxygen atoms in total. The molecule has 23 heavy (non-hydrogen) atoms. The first kappa shape index (κ1) is 15.1. The molecule has 3 heterocycles. The second-order valence-corrected chi connectivity index (χ2v) is 5.73. The lowest BCUT2D eigenvalue weighted by Crippen LogP contribution is -2.32. The molecule has 2 amide bonds. The number of nitrogens with zero attached hydrogens (tertiary/aromatic N) is 4. The van der Waals surface area contributed by atoms with Crippen LogP contribution >= 0.6 is 0 Å². The fourth-order valence-corrected chi connectivity index (χ4v) is 2.87. The van der Waals surface area contributed by atoms with Crippen LogP contribution in [0.1, 0.15) is 23.1 Å². The monoisotopic (exact) mass is 314 g/mol. The van der Waals surface area contributed by atoms with Gasteiger partial charge >= 0.3 is 0 Å². The Bertz CT molecular complexity index is 714. The lowest BCUT2D eigenvalue weighted by atomic mass is 9.95. The largest absolute Gasteiger partial charge is 0.369 e. The van der Waals surface area contributed by atoms with E-state index in [9.17, 15) is 9.59 Å². The van der Waals surface area contributed by atoms with Crippen molar-refractivity contribution >= 4 is 11.8 Å². The molecule has 0 unspecified atom stereocenters. The Morgan fingerprint density at radius 3 is 2.87 bits per heavy atom. The highest BCUT2D eigenvalue weighted by atomic mass is 16.2. The van der Waals surface area contributed by atoms with Gasteiger partial charge < -0.3 is 10.6 Å². The van der Waals surface area contributed by atoms with Crippen molar-refractivity contribution in [2.75, 3.05) is 13.1 Å². The minimum Gasteiger partial charge on any atom is -0.369 e. The summed E-state index contributed by atoms with van der Waals surface area (Å²) in [7, 11) is 0. The maximum atomic E-state index is 12.5. The van der Waals surface area contributed by atoms with E-state index in [-0.39, 0.29) is 18.2 Å². The number of nitrogens with one attached hydrogen (secondary N) is 1. The Morgan fingerprint density at radius 2 is 2.26 bits per heavy atom. The van der Waals surface area contributed by atoms with Crippen LogP contribution in [-0.4, -0.2) is 50.0 Å². The van der Waals surface area contributed by atoms with Gasteiger partial charge in [-0.25, -0.2) is 4.98 Å². The summed E-state index contributed by atoms with van der Waals surface area (Å²) in [6, 6.07) is 3.64. The molecule has 0 spiro atoms. The van der Waals surface area contributed by atoms with E-state index < -0.39 is 11.8 Å². The maximum Gasteiger partial charge on any atom is 0.227 e. The predicted molar refractivity (Wildman–Crippen MR) is 81.1 cm³/mol. The van der Waals surface area contributed by atoms with Gasteiger partial charge in [-0.3, -0.25) is 19.7 Å². The van der Waals surface area contributed by atoms with Gasteiger partial charge in [-0.15, -0.1) is 0 Å². The number of aromatic nitrogens is 4. The standard InChI is InChI=1S/C15H18N6O2/c1-9-18-15(20-19-9)12-8-21(7-11(12)14(16)23)13(22)5-10-3-2-4-17-6-10/h2-4,6,11-12H,5,7-8H2,1H3,(H2,16,23)(H,18,19,20)/t11-,12-/m1/s1. The van der Waals surface area contributed by atoms with Crippen LogP contribution in [0.25, 0.3) is 0 Å². The fraction of sp³-hybridized carbons (Fsp3) is 0.400. The number of H-pyrrole nitrogens is 1. The lowest BCUT2D eigenvalue weighted by molar-refractivity contribution is -0.129. The number of carbonyl (C=O) groups is 2. The minimum atomic E-state index is -0.469. The zero-order chi connectivity index (χ0) is 16.4. The van der Waals surface area contributed by atoms with Gasteiger partial charge in [-0.1, -0.05) is 6.07 Å². The Kier molecular flexibility index (Phi) is 4.05. The zero-order valence-electron chi connectivity index (χ0n) is 12.8. The smallest absolute Gasteiger partial charge is 0.227 e. The molecule has 0 bridgehead atoms. The summed E-state index contributed by atoms with van der Waals surface area (Å²) in [5.74, 6) is -0.0298. The van der Waals surface area contributed by atoms with Crippen LogP contribution in [0.3, 0.4) is 0 Å². The van der Waals surface area contributed by atoms with Crippen molar-refractivity contribution in [3.05, 3.63) is 41.7 Å². The number of amides is 2. The number of nitrogens with two attached hydrogens (primary N) is 1. The summed E-state index contributed by atoms with van der Waals surface area (Å²) in [5.41, 5.74) is 6.33. The second-order valence-electron chi connectivity index (χ2n) is 5.73. The average molecular weight is 314 g/mol. The van der Waals surface area contributed by atoms with Crippen molar-refractivity contribution < 1.29 is 9.59 Å². The summed E-state index contributed by atoms with van der Waals surface area (Å²) in [6.07, 6.45) is 3.57. The molecule has 0 radical (unpaired) electrons. The first-order chi connectivity index (χ1) is 11.0. The van der Waals surface area contributed by atoms with Gasteiger partial charge in [-0.05, 0) is 18.6 Å². The molecule has 1 fully saturated rings. The summed E-state index contributed by atoms with van der Waals surface area (Å²) in [6.45, 7) is 2.48. The number of rotatable bonds is 4. The number of likely N-dealkylation sites (tertiary alicyclic amines) is 1. The van der Waals surface area contributed by atoms with Gasteiger partial charge in [-0.2, -0.15) is 5.10 Å². The Labute approximate surface area is 133 Å². The highest BCUT2D eigenvalue weighted by molar-refractivity contribution is 5.83. The zero-order valence-corrected chi connectivity index (χ0v) is 12.8. The fourth-order valence-electron chi connectivity index (χ4n) is 2.87. The molecule has 2 atom stereocenters. The Morgan fingerprint density at radius 1 is 1.43 bits per heavy atom. The molecule has 0 aliphatic carbocycles. The van der Waals surface area contributed by atoms with E-state index in [1.165, 1.54) is 0 Å². The van der Waals surface area contributed by atoms with Crippen LogP contribution < -0.4 is 5.73 Å². The van der Waals surface area contributed by atoms with E-state index in [2.05, 4.69) is 20.2 Å². The van der Waals surface area contributed by atoms with Crippen molar-refractivity contribution in [3.8, 4) is 0 Å². The van der Waals surface area contributed by atoms with Crippen LogP contribution in [0.2, 0.25) is 0 Å².